The number of likely N-dealkylation sites (N-methyl/N-ethyl adjacent to an activating group) is 1. The second-order valence-corrected chi connectivity index (χ2v) is 7.18. The first-order valence-electron chi connectivity index (χ1n) is 8.74. The van der Waals surface area contributed by atoms with Crippen LogP contribution in [0.15, 0.2) is 0 Å². The van der Waals surface area contributed by atoms with Crippen molar-refractivity contribution in [2.24, 2.45) is 5.92 Å². The fourth-order valence-corrected chi connectivity index (χ4v) is 3.86. The van der Waals surface area contributed by atoms with Crippen molar-refractivity contribution in [3.63, 3.8) is 0 Å². The number of amides is 1. The fourth-order valence-electron chi connectivity index (χ4n) is 3.86. The third-order valence-corrected chi connectivity index (χ3v) is 5.58. The zero-order valence-corrected chi connectivity index (χ0v) is 14.6. The minimum Gasteiger partial charge on any atom is -0.383 e. The van der Waals surface area contributed by atoms with E-state index in [1.807, 2.05) is 0 Å². The molecule has 0 spiro atoms. The molecule has 1 amide bonds. The van der Waals surface area contributed by atoms with Gasteiger partial charge in [-0.2, -0.15) is 0 Å². The van der Waals surface area contributed by atoms with Gasteiger partial charge in [0.15, 0.2) is 0 Å². The van der Waals surface area contributed by atoms with Gasteiger partial charge in [0.2, 0.25) is 5.91 Å². The van der Waals surface area contributed by atoms with E-state index in [0.29, 0.717) is 0 Å². The highest BCUT2D eigenvalue weighted by atomic mass is 16.5. The van der Waals surface area contributed by atoms with Gasteiger partial charge < -0.3 is 19.9 Å². The number of nitrogens with one attached hydrogen (secondary N) is 1. The predicted molar refractivity (Wildman–Crippen MR) is 88.9 cm³/mol. The largest absolute Gasteiger partial charge is 0.383 e. The molecule has 1 aliphatic carbocycles. The van der Waals surface area contributed by atoms with E-state index in [4.69, 9.17) is 4.74 Å². The Labute approximate surface area is 135 Å². The van der Waals surface area contributed by atoms with Crippen LogP contribution in [0.25, 0.3) is 0 Å². The summed E-state index contributed by atoms with van der Waals surface area (Å²) in [5.74, 6) is 0.395. The number of hydrogen-bond donors (Lipinski definition) is 1. The molecular weight excluding hydrogens is 278 g/mol. The van der Waals surface area contributed by atoms with Crippen molar-refractivity contribution in [1.82, 2.24) is 15.1 Å². The van der Waals surface area contributed by atoms with Crippen molar-refractivity contribution in [3.8, 4) is 0 Å². The van der Waals surface area contributed by atoms with Crippen LogP contribution in [-0.2, 0) is 9.53 Å². The van der Waals surface area contributed by atoms with Gasteiger partial charge in [0.1, 0.15) is 0 Å². The van der Waals surface area contributed by atoms with Crippen molar-refractivity contribution in [2.45, 2.75) is 44.1 Å². The monoisotopic (exact) mass is 311 g/mol. The van der Waals surface area contributed by atoms with E-state index in [9.17, 15) is 4.79 Å². The first-order valence-corrected chi connectivity index (χ1v) is 8.74. The van der Waals surface area contributed by atoms with Crippen LogP contribution in [0.1, 0.15) is 38.5 Å². The van der Waals surface area contributed by atoms with Crippen LogP contribution in [0.5, 0.6) is 0 Å². The van der Waals surface area contributed by atoms with Crippen LogP contribution in [0, 0.1) is 5.92 Å². The first-order chi connectivity index (χ1) is 10.6. The van der Waals surface area contributed by atoms with Crippen molar-refractivity contribution < 1.29 is 9.53 Å². The van der Waals surface area contributed by atoms with E-state index in [1.165, 1.54) is 32.1 Å². The molecule has 2 fully saturated rings. The van der Waals surface area contributed by atoms with Crippen LogP contribution in [0.3, 0.4) is 0 Å². The second kappa shape index (κ2) is 8.27. The first kappa shape index (κ1) is 17.7. The maximum Gasteiger partial charge on any atom is 0.224 e. The molecule has 0 aromatic carbocycles. The topological polar surface area (TPSA) is 44.8 Å². The lowest BCUT2D eigenvalue weighted by atomic mass is 9.80. The summed E-state index contributed by atoms with van der Waals surface area (Å²) < 4.78 is 5.12. The quantitative estimate of drug-likeness (QED) is 0.770. The van der Waals surface area contributed by atoms with Crippen molar-refractivity contribution in [2.75, 3.05) is 54.0 Å². The molecule has 0 aromatic rings. The summed E-state index contributed by atoms with van der Waals surface area (Å²) in [5.41, 5.74) is 0.169. The van der Waals surface area contributed by atoms with Gasteiger partial charge in [0.25, 0.3) is 0 Å². The molecule has 1 N–H and O–H groups in total. The van der Waals surface area contributed by atoms with E-state index in [0.717, 1.165) is 39.2 Å². The molecule has 1 saturated heterocycles. The Morgan fingerprint density at radius 1 is 1.32 bits per heavy atom. The van der Waals surface area contributed by atoms with Gasteiger partial charge in [0, 0.05) is 32.3 Å². The Hall–Kier alpha value is -0.650. The van der Waals surface area contributed by atoms with Crippen LogP contribution >= 0.6 is 0 Å². The van der Waals surface area contributed by atoms with E-state index < -0.39 is 0 Å². The Bertz CT molecular complexity index is 354. The summed E-state index contributed by atoms with van der Waals surface area (Å²) in [6.07, 6.45) is 7.27. The summed E-state index contributed by atoms with van der Waals surface area (Å²) in [6.45, 7) is 4.37. The number of nitrogens with zero attached hydrogens (tertiary/aromatic N) is 2. The van der Waals surface area contributed by atoms with Crippen LogP contribution < -0.4 is 5.32 Å². The van der Waals surface area contributed by atoms with E-state index >= 15 is 0 Å². The lowest BCUT2D eigenvalue weighted by Gasteiger charge is -2.43. The number of carbonyl (C=O) groups is 1. The number of rotatable bonds is 7. The third kappa shape index (κ3) is 4.43. The van der Waals surface area contributed by atoms with Crippen LogP contribution in [-0.4, -0.2) is 75.2 Å². The number of hydrogen-bond acceptors (Lipinski definition) is 4. The average molecular weight is 311 g/mol. The summed E-state index contributed by atoms with van der Waals surface area (Å²) in [5, 5.41) is 3.25. The van der Waals surface area contributed by atoms with Gasteiger partial charge in [-0.15, -0.1) is 0 Å². The van der Waals surface area contributed by atoms with E-state index in [1.54, 1.807) is 7.11 Å². The average Bonchev–Trinajstić information content (AvgIpc) is 3.00. The van der Waals surface area contributed by atoms with Gasteiger partial charge in [-0.3, -0.25) is 4.79 Å². The molecule has 1 saturated carbocycles. The molecule has 1 heterocycles. The van der Waals surface area contributed by atoms with E-state index in [-0.39, 0.29) is 17.4 Å². The normalized spacial score (nSPS) is 25.5. The minimum absolute atomic E-state index is 0.152. The number of ether oxygens (including phenoxy) is 1. The van der Waals surface area contributed by atoms with Gasteiger partial charge in [-0.1, -0.05) is 19.3 Å². The van der Waals surface area contributed by atoms with Crippen molar-refractivity contribution in [3.05, 3.63) is 0 Å². The number of carbonyl (C=O) groups excluding carboxylic acids is 1. The van der Waals surface area contributed by atoms with E-state index in [2.05, 4.69) is 29.2 Å². The molecule has 1 aliphatic heterocycles. The van der Waals surface area contributed by atoms with Gasteiger partial charge in [-0.25, -0.2) is 0 Å². The van der Waals surface area contributed by atoms with Gasteiger partial charge >= 0.3 is 0 Å². The standard InChI is InChI=1S/C17H33N3O2/c1-19(2)17(8-5-4-6-9-17)14-18-16(21)15-7-10-20(13-15)11-12-22-3/h15H,4-14H2,1-3H3,(H,18,21)/t15-/m1/s1. The van der Waals surface area contributed by atoms with Crippen LogP contribution in [0.4, 0.5) is 0 Å². The molecule has 0 aromatic heterocycles. The molecule has 2 aliphatic rings. The molecule has 0 bridgehead atoms. The van der Waals surface area contributed by atoms with Gasteiger partial charge in [-0.05, 0) is 39.9 Å². The highest BCUT2D eigenvalue weighted by Crippen LogP contribution is 2.31. The number of methoxy groups -OCH3 is 1. The third-order valence-electron chi connectivity index (χ3n) is 5.58. The predicted octanol–water partition coefficient (Wildman–Crippen LogP) is 1.34. The van der Waals surface area contributed by atoms with Crippen LogP contribution in [0.2, 0.25) is 0 Å². The molecule has 128 valence electrons. The molecule has 2 rings (SSSR count). The summed E-state index contributed by atoms with van der Waals surface area (Å²) >= 11 is 0. The highest BCUT2D eigenvalue weighted by molar-refractivity contribution is 5.79. The molecule has 5 nitrogen and oxygen atoms in total. The SMILES string of the molecule is COCCN1CC[C@@H](C(=O)NCC2(N(C)C)CCCCC2)C1. The molecule has 22 heavy (non-hydrogen) atoms. The summed E-state index contributed by atoms with van der Waals surface area (Å²) in [4.78, 5) is 17.1. The lowest BCUT2D eigenvalue weighted by Crippen LogP contribution is -2.54. The Kier molecular flexibility index (Phi) is 6.66. The van der Waals surface area contributed by atoms with Gasteiger partial charge in [0.05, 0.1) is 12.5 Å². The Morgan fingerprint density at radius 3 is 2.68 bits per heavy atom. The highest BCUT2D eigenvalue weighted by Gasteiger charge is 2.36. The Morgan fingerprint density at radius 2 is 2.05 bits per heavy atom. The molecular formula is C17H33N3O2. The van der Waals surface area contributed by atoms with Crippen molar-refractivity contribution in [1.29, 1.82) is 0 Å². The maximum atomic E-state index is 12.5. The molecule has 0 radical (unpaired) electrons. The second-order valence-electron chi connectivity index (χ2n) is 7.18. The summed E-state index contributed by atoms with van der Waals surface area (Å²) in [7, 11) is 6.03. The molecule has 5 heteroatoms. The summed E-state index contributed by atoms with van der Waals surface area (Å²) in [6, 6.07) is 0. The smallest absolute Gasteiger partial charge is 0.224 e. The maximum absolute atomic E-state index is 12.5. The zero-order valence-electron chi connectivity index (χ0n) is 14.6. The lowest BCUT2D eigenvalue weighted by molar-refractivity contribution is -0.125. The molecule has 1 atom stereocenters. The van der Waals surface area contributed by atoms with Crippen molar-refractivity contribution >= 4 is 5.91 Å². The zero-order chi connectivity index (χ0) is 16.0. The number of likely N-dealkylation sites (tertiary alicyclic amines) is 1. The Balaban J connectivity index is 1.79. The molecule has 0 unspecified atom stereocenters. The minimum atomic E-state index is 0.152. The fraction of sp³-hybridized carbons (Fsp3) is 0.941.